The summed E-state index contributed by atoms with van der Waals surface area (Å²) in [6.07, 6.45) is 0.0815. The average Bonchev–Trinajstić information content (AvgIpc) is 2.81. The molecule has 0 spiro atoms. The van der Waals surface area contributed by atoms with Crippen LogP contribution in [0.25, 0.3) is 0 Å². The van der Waals surface area contributed by atoms with Gasteiger partial charge in [-0.05, 0) is 25.2 Å². The first-order chi connectivity index (χ1) is 8.47. The molecule has 0 aromatic carbocycles. The van der Waals surface area contributed by atoms with Gasteiger partial charge in [0.25, 0.3) is 0 Å². The lowest BCUT2D eigenvalue weighted by atomic mass is 9.77. The molecule has 18 heavy (non-hydrogen) atoms. The maximum absolute atomic E-state index is 12.7. The Morgan fingerprint density at radius 2 is 2.22 bits per heavy atom. The van der Waals surface area contributed by atoms with Gasteiger partial charge in [-0.2, -0.15) is 13.2 Å². The first-order valence-corrected chi connectivity index (χ1v) is 7.05. The van der Waals surface area contributed by atoms with Crippen molar-refractivity contribution in [1.82, 2.24) is 4.98 Å². The van der Waals surface area contributed by atoms with Gasteiger partial charge in [0.2, 0.25) is 0 Å². The summed E-state index contributed by atoms with van der Waals surface area (Å²) in [5.41, 5.74) is 6.04. The van der Waals surface area contributed by atoms with E-state index < -0.39 is 12.1 Å². The van der Waals surface area contributed by atoms with Crippen LogP contribution < -0.4 is 5.73 Å². The molecule has 1 aliphatic carbocycles. The lowest BCUT2D eigenvalue weighted by Gasteiger charge is -2.33. The minimum atomic E-state index is -4.07. The molecule has 0 radical (unpaired) electrons. The number of aromatic nitrogens is 1. The Morgan fingerprint density at radius 1 is 1.44 bits per heavy atom. The number of alkyl halides is 3. The average molecular weight is 278 g/mol. The molecule has 1 aromatic rings. The largest absolute Gasteiger partial charge is 0.391 e. The lowest BCUT2D eigenvalue weighted by Crippen LogP contribution is -2.38. The normalized spacial score (nSPS) is 27.1. The van der Waals surface area contributed by atoms with Crippen LogP contribution in [0.3, 0.4) is 0 Å². The quantitative estimate of drug-likeness (QED) is 0.920. The highest BCUT2D eigenvalue weighted by molar-refractivity contribution is 7.09. The highest BCUT2D eigenvalue weighted by Gasteiger charge is 2.43. The Labute approximate surface area is 108 Å². The molecule has 2 rings (SSSR count). The van der Waals surface area contributed by atoms with Crippen molar-refractivity contribution in [2.75, 3.05) is 0 Å². The molecule has 102 valence electrons. The number of halogens is 3. The fraction of sp³-hybridized carbons (Fsp3) is 0.750. The zero-order valence-corrected chi connectivity index (χ0v) is 10.8. The predicted octanol–water partition coefficient (Wildman–Crippen LogP) is 3.38. The van der Waals surface area contributed by atoms with Gasteiger partial charge in [0.05, 0.1) is 10.9 Å². The van der Waals surface area contributed by atoms with Crippen molar-refractivity contribution in [3.63, 3.8) is 0 Å². The van der Waals surface area contributed by atoms with E-state index >= 15 is 0 Å². The molecule has 6 heteroatoms. The van der Waals surface area contributed by atoms with Crippen LogP contribution in [0.4, 0.5) is 13.2 Å². The fourth-order valence-corrected chi connectivity index (χ4v) is 3.33. The Bertz CT molecular complexity index is 364. The minimum Gasteiger partial charge on any atom is -0.327 e. The first kappa shape index (κ1) is 13.8. The summed E-state index contributed by atoms with van der Waals surface area (Å²) in [6.45, 7) is 0. The molecular weight excluding hydrogens is 261 g/mol. The number of rotatable bonds is 3. The van der Waals surface area contributed by atoms with Gasteiger partial charge in [-0.1, -0.05) is 6.42 Å². The second-order valence-electron chi connectivity index (χ2n) is 4.96. The van der Waals surface area contributed by atoms with Gasteiger partial charge in [0, 0.05) is 24.0 Å². The molecule has 3 atom stereocenters. The number of hydrogen-bond acceptors (Lipinski definition) is 3. The van der Waals surface area contributed by atoms with E-state index in [0.29, 0.717) is 12.8 Å². The summed E-state index contributed by atoms with van der Waals surface area (Å²) in [4.78, 5) is 4.14. The van der Waals surface area contributed by atoms with Crippen molar-refractivity contribution in [3.05, 3.63) is 16.6 Å². The number of nitrogens with two attached hydrogens (primary N) is 1. The van der Waals surface area contributed by atoms with Gasteiger partial charge in [-0.15, -0.1) is 11.3 Å². The summed E-state index contributed by atoms with van der Waals surface area (Å²) in [6, 6.07) is -0.207. The third-order valence-electron chi connectivity index (χ3n) is 3.68. The summed E-state index contributed by atoms with van der Waals surface area (Å²) in [5.74, 6) is -1.20. The topological polar surface area (TPSA) is 38.9 Å². The summed E-state index contributed by atoms with van der Waals surface area (Å²) in [5, 5.41) is 2.78. The van der Waals surface area contributed by atoms with Crippen LogP contribution in [0, 0.1) is 11.8 Å². The second-order valence-corrected chi connectivity index (χ2v) is 5.94. The predicted molar refractivity (Wildman–Crippen MR) is 65.3 cm³/mol. The third kappa shape index (κ3) is 3.45. The molecule has 3 unspecified atom stereocenters. The van der Waals surface area contributed by atoms with Crippen molar-refractivity contribution in [2.45, 2.75) is 44.3 Å². The van der Waals surface area contributed by atoms with Crippen LogP contribution in [0.1, 0.15) is 30.7 Å². The molecule has 1 fully saturated rings. The Balaban J connectivity index is 1.92. The molecule has 2 N–H and O–H groups in total. The molecule has 0 saturated heterocycles. The van der Waals surface area contributed by atoms with Crippen molar-refractivity contribution in [2.24, 2.45) is 17.6 Å². The van der Waals surface area contributed by atoms with Gasteiger partial charge in [0.15, 0.2) is 0 Å². The lowest BCUT2D eigenvalue weighted by molar-refractivity contribution is -0.186. The van der Waals surface area contributed by atoms with E-state index in [9.17, 15) is 13.2 Å². The van der Waals surface area contributed by atoms with Gasteiger partial charge >= 0.3 is 6.18 Å². The van der Waals surface area contributed by atoms with Crippen molar-refractivity contribution in [1.29, 1.82) is 0 Å². The molecule has 0 amide bonds. The molecule has 1 aliphatic rings. The zero-order chi connectivity index (χ0) is 13.2. The van der Waals surface area contributed by atoms with E-state index in [1.54, 1.807) is 6.20 Å². The van der Waals surface area contributed by atoms with Crippen molar-refractivity contribution >= 4 is 11.3 Å². The second kappa shape index (κ2) is 5.57. The highest BCUT2D eigenvalue weighted by atomic mass is 32.1. The molecule has 1 heterocycles. The standard InChI is InChI=1S/C12H17F3N2S/c13-12(14,15)9-3-1-2-8(6-9)10(16)7-11-17-4-5-18-11/h4-5,8-10H,1-3,6-7,16H2. The Hall–Kier alpha value is -0.620. The van der Waals surface area contributed by atoms with Gasteiger partial charge in [0.1, 0.15) is 0 Å². The molecule has 0 bridgehead atoms. The summed E-state index contributed by atoms with van der Waals surface area (Å²) >= 11 is 1.51. The number of thiazole rings is 1. The van der Waals surface area contributed by atoms with Crippen LogP contribution in [-0.4, -0.2) is 17.2 Å². The van der Waals surface area contributed by atoms with Crippen LogP contribution >= 0.6 is 11.3 Å². The van der Waals surface area contributed by atoms with E-state index in [0.717, 1.165) is 11.4 Å². The maximum Gasteiger partial charge on any atom is 0.391 e. The third-order valence-corrected chi connectivity index (χ3v) is 4.48. The van der Waals surface area contributed by atoms with Gasteiger partial charge in [-0.3, -0.25) is 0 Å². The van der Waals surface area contributed by atoms with Crippen LogP contribution in [0.5, 0.6) is 0 Å². The highest BCUT2D eigenvalue weighted by Crippen LogP contribution is 2.40. The van der Waals surface area contributed by atoms with Crippen LogP contribution in [0.2, 0.25) is 0 Å². The van der Waals surface area contributed by atoms with E-state index in [1.807, 2.05) is 5.38 Å². The van der Waals surface area contributed by atoms with E-state index in [-0.39, 0.29) is 24.8 Å². The number of nitrogens with zero attached hydrogens (tertiary/aromatic N) is 1. The molecule has 1 saturated carbocycles. The maximum atomic E-state index is 12.7. The summed E-state index contributed by atoms with van der Waals surface area (Å²) in [7, 11) is 0. The molecule has 0 aliphatic heterocycles. The van der Waals surface area contributed by atoms with E-state index in [2.05, 4.69) is 4.98 Å². The first-order valence-electron chi connectivity index (χ1n) is 6.17. The Kier molecular flexibility index (Phi) is 4.27. The number of hydrogen-bond donors (Lipinski definition) is 1. The van der Waals surface area contributed by atoms with Crippen LogP contribution in [0.15, 0.2) is 11.6 Å². The fourth-order valence-electron chi connectivity index (χ4n) is 2.64. The summed E-state index contributed by atoms with van der Waals surface area (Å²) < 4.78 is 38.1. The van der Waals surface area contributed by atoms with Gasteiger partial charge in [-0.25, -0.2) is 4.98 Å². The molecule has 1 aromatic heterocycles. The van der Waals surface area contributed by atoms with Crippen LogP contribution in [-0.2, 0) is 6.42 Å². The SMILES string of the molecule is NC(Cc1nccs1)C1CCCC(C(F)(F)F)C1. The zero-order valence-electron chi connectivity index (χ0n) is 9.99. The smallest absolute Gasteiger partial charge is 0.327 e. The van der Waals surface area contributed by atoms with E-state index in [4.69, 9.17) is 5.73 Å². The van der Waals surface area contributed by atoms with Gasteiger partial charge < -0.3 is 5.73 Å². The monoisotopic (exact) mass is 278 g/mol. The van der Waals surface area contributed by atoms with E-state index in [1.165, 1.54) is 11.3 Å². The molecular formula is C12H17F3N2S. The molecule has 2 nitrogen and oxygen atoms in total. The van der Waals surface area contributed by atoms with Crippen molar-refractivity contribution in [3.8, 4) is 0 Å². The Morgan fingerprint density at radius 3 is 2.83 bits per heavy atom. The minimum absolute atomic E-state index is 0.0331. The van der Waals surface area contributed by atoms with Crippen molar-refractivity contribution < 1.29 is 13.2 Å².